The summed E-state index contributed by atoms with van der Waals surface area (Å²) in [6.45, 7) is 1.32. The van der Waals surface area contributed by atoms with E-state index in [4.69, 9.17) is 14.5 Å². The highest BCUT2D eigenvalue weighted by Crippen LogP contribution is 2.28. The first kappa shape index (κ1) is 21.7. The SMILES string of the molecule is COc1cc(/C=N/NC(=O)c2cc(-c3ccccc3)nc3ccccc23)ccc1OC(C)=O. The third-order valence-electron chi connectivity index (χ3n) is 4.85. The van der Waals surface area contributed by atoms with Crippen LogP contribution < -0.4 is 14.9 Å². The van der Waals surface area contributed by atoms with Gasteiger partial charge >= 0.3 is 5.97 Å². The minimum Gasteiger partial charge on any atom is -0.493 e. The number of nitrogens with zero attached hydrogens (tertiary/aromatic N) is 2. The summed E-state index contributed by atoms with van der Waals surface area (Å²) in [5.74, 6) is -0.108. The van der Waals surface area contributed by atoms with Crippen LogP contribution in [0.4, 0.5) is 0 Å². The minimum atomic E-state index is -0.443. The molecule has 0 fully saturated rings. The Morgan fingerprint density at radius 2 is 1.70 bits per heavy atom. The number of methoxy groups -OCH3 is 1. The van der Waals surface area contributed by atoms with E-state index in [1.807, 2.05) is 54.6 Å². The second kappa shape index (κ2) is 9.74. The lowest BCUT2D eigenvalue weighted by molar-refractivity contribution is -0.132. The molecule has 1 heterocycles. The van der Waals surface area contributed by atoms with Crippen molar-refractivity contribution in [1.29, 1.82) is 0 Å². The topological polar surface area (TPSA) is 89.9 Å². The Bertz CT molecular complexity index is 1350. The number of carbonyl (C=O) groups is 2. The summed E-state index contributed by atoms with van der Waals surface area (Å²) < 4.78 is 10.4. The maximum Gasteiger partial charge on any atom is 0.308 e. The van der Waals surface area contributed by atoms with E-state index in [2.05, 4.69) is 10.5 Å². The van der Waals surface area contributed by atoms with Crippen molar-refractivity contribution in [3.05, 3.63) is 90.0 Å². The molecule has 1 N–H and O–H groups in total. The third-order valence-corrected chi connectivity index (χ3v) is 4.85. The zero-order valence-corrected chi connectivity index (χ0v) is 18.1. The molecule has 1 aromatic heterocycles. The van der Waals surface area contributed by atoms with E-state index in [0.717, 1.165) is 16.5 Å². The van der Waals surface area contributed by atoms with Gasteiger partial charge in [-0.15, -0.1) is 0 Å². The molecular weight excluding hydrogens is 418 g/mol. The molecule has 3 aromatic carbocycles. The molecule has 164 valence electrons. The Balaban J connectivity index is 1.59. The highest BCUT2D eigenvalue weighted by Gasteiger charge is 2.13. The average molecular weight is 439 g/mol. The molecule has 4 aromatic rings. The van der Waals surface area contributed by atoms with Gasteiger partial charge in [-0.2, -0.15) is 5.10 Å². The number of hydrazone groups is 1. The first-order chi connectivity index (χ1) is 16.0. The fourth-order valence-corrected chi connectivity index (χ4v) is 3.35. The summed E-state index contributed by atoms with van der Waals surface area (Å²) in [5.41, 5.74) is 6.05. The number of aromatic nitrogens is 1. The van der Waals surface area contributed by atoms with Gasteiger partial charge in [-0.25, -0.2) is 10.4 Å². The van der Waals surface area contributed by atoms with E-state index >= 15 is 0 Å². The summed E-state index contributed by atoms with van der Waals surface area (Å²) in [5, 5.41) is 4.82. The molecule has 0 spiro atoms. The van der Waals surface area contributed by atoms with E-state index in [-0.39, 0.29) is 5.91 Å². The molecule has 0 saturated carbocycles. The molecule has 0 saturated heterocycles. The van der Waals surface area contributed by atoms with Crippen LogP contribution in [0, 0.1) is 0 Å². The van der Waals surface area contributed by atoms with Gasteiger partial charge in [-0.3, -0.25) is 9.59 Å². The van der Waals surface area contributed by atoms with E-state index in [1.54, 1.807) is 24.3 Å². The van der Waals surface area contributed by atoms with Crippen molar-refractivity contribution < 1.29 is 19.1 Å². The van der Waals surface area contributed by atoms with Gasteiger partial charge in [-0.05, 0) is 35.9 Å². The van der Waals surface area contributed by atoms with Gasteiger partial charge in [0.15, 0.2) is 11.5 Å². The third kappa shape index (κ3) is 5.04. The molecule has 0 atom stereocenters. The number of pyridine rings is 1. The van der Waals surface area contributed by atoms with Gasteiger partial charge in [0.2, 0.25) is 0 Å². The monoisotopic (exact) mass is 439 g/mol. The second-order valence-electron chi connectivity index (χ2n) is 7.14. The Morgan fingerprint density at radius 3 is 2.45 bits per heavy atom. The summed E-state index contributed by atoms with van der Waals surface area (Å²) in [6, 6.07) is 23.9. The van der Waals surface area contributed by atoms with E-state index in [9.17, 15) is 9.59 Å². The van der Waals surface area contributed by atoms with Crippen LogP contribution >= 0.6 is 0 Å². The lowest BCUT2D eigenvalue weighted by Gasteiger charge is -2.09. The number of fused-ring (bicyclic) bond motifs is 1. The standard InChI is InChI=1S/C26H21N3O4/c1-17(30)33-24-13-12-18(14-25(24)32-2)16-27-29-26(31)21-15-23(19-8-4-3-5-9-19)28-22-11-7-6-10-20(21)22/h3-16H,1-2H3,(H,29,31)/b27-16+. The Morgan fingerprint density at radius 1 is 0.939 bits per heavy atom. The molecule has 0 aliphatic carbocycles. The first-order valence-corrected chi connectivity index (χ1v) is 10.2. The van der Waals surface area contributed by atoms with Gasteiger partial charge < -0.3 is 9.47 Å². The largest absolute Gasteiger partial charge is 0.493 e. The highest BCUT2D eigenvalue weighted by atomic mass is 16.6. The number of hydrogen-bond donors (Lipinski definition) is 1. The molecular formula is C26H21N3O4. The maximum atomic E-state index is 13.0. The molecule has 0 unspecified atom stereocenters. The fourth-order valence-electron chi connectivity index (χ4n) is 3.35. The van der Waals surface area contributed by atoms with E-state index in [1.165, 1.54) is 20.2 Å². The first-order valence-electron chi connectivity index (χ1n) is 10.2. The van der Waals surface area contributed by atoms with Crippen LogP contribution in [0.1, 0.15) is 22.8 Å². The molecule has 0 aliphatic heterocycles. The van der Waals surface area contributed by atoms with Gasteiger partial charge in [0, 0.05) is 17.9 Å². The number of para-hydroxylation sites is 1. The molecule has 33 heavy (non-hydrogen) atoms. The number of rotatable bonds is 6. The Hall–Kier alpha value is -4.52. The van der Waals surface area contributed by atoms with Crippen LogP contribution in [0.3, 0.4) is 0 Å². The van der Waals surface area contributed by atoms with Gasteiger partial charge in [-0.1, -0.05) is 48.5 Å². The molecule has 7 nitrogen and oxygen atoms in total. The fraction of sp³-hybridized carbons (Fsp3) is 0.0769. The number of nitrogens with one attached hydrogen (secondary N) is 1. The van der Waals surface area contributed by atoms with Crippen molar-refractivity contribution in [2.24, 2.45) is 5.10 Å². The number of carbonyl (C=O) groups excluding carboxylic acids is 2. The molecule has 4 rings (SSSR count). The van der Waals surface area contributed by atoms with Crippen LogP contribution in [0.2, 0.25) is 0 Å². The van der Waals surface area contributed by atoms with Gasteiger partial charge in [0.05, 0.1) is 30.1 Å². The Kier molecular flexibility index (Phi) is 6.40. The maximum absolute atomic E-state index is 13.0. The quantitative estimate of drug-likeness (QED) is 0.205. The number of benzene rings is 3. The zero-order chi connectivity index (χ0) is 23.2. The summed E-state index contributed by atoms with van der Waals surface area (Å²) in [7, 11) is 1.48. The van der Waals surface area contributed by atoms with Crippen LogP contribution in [-0.4, -0.2) is 30.2 Å². The molecule has 0 radical (unpaired) electrons. The number of esters is 1. The van der Waals surface area contributed by atoms with Gasteiger partial charge in [0.25, 0.3) is 5.91 Å². The molecule has 0 bridgehead atoms. The minimum absolute atomic E-state index is 0.308. The van der Waals surface area contributed by atoms with Crippen LogP contribution in [-0.2, 0) is 4.79 Å². The van der Waals surface area contributed by atoms with Crippen LogP contribution in [0.5, 0.6) is 11.5 Å². The van der Waals surface area contributed by atoms with Crippen LogP contribution in [0.15, 0.2) is 84.0 Å². The Labute approximate surface area is 190 Å². The lowest BCUT2D eigenvalue weighted by Crippen LogP contribution is -2.18. The van der Waals surface area contributed by atoms with E-state index < -0.39 is 5.97 Å². The number of amides is 1. The van der Waals surface area contributed by atoms with Crippen molar-refractivity contribution in [2.45, 2.75) is 6.92 Å². The van der Waals surface area contributed by atoms with Crippen molar-refractivity contribution >= 4 is 29.0 Å². The van der Waals surface area contributed by atoms with E-state index in [0.29, 0.717) is 28.3 Å². The normalized spacial score (nSPS) is 10.8. The molecule has 1 amide bonds. The number of hydrogen-bond acceptors (Lipinski definition) is 6. The smallest absolute Gasteiger partial charge is 0.308 e. The molecule has 7 heteroatoms. The van der Waals surface area contributed by atoms with Crippen molar-refractivity contribution in [3.8, 4) is 22.8 Å². The summed E-state index contributed by atoms with van der Waals surface area (Å²) in [6.07, 6.45) is 1.49. The predicted molar refractivity (Wildman–Crippen MR) is 127 cm³/mol. The second-order valence-corrected chi connectivity index (χ2v) is 7.14. The van der Waals surface area contributed by atoms with Crippen molar-refractivity contribution in [1.82, 2.24) is 10.4 Å². The zero-order valence-electron chi connectivity index (χ0n) is 18.1. The lowest BCUT2D eigenvalue weighted by atomic mass is 10.0. The summed E-state index contributed by atoms with van der Waals surface area (Å²) in [4.78, 5) is 28.9. The number of ether oxygens (including phenoxy) is 2. The van der Waals surface area contributed by atoms with Crippen LogP contribution in [0.25, 0.3) is 22.2 Å². The molecule has 0 aliphatic rings. The van der Waals surface area contributed by atoms with Crippen molar-refractivity contribution in [3.63, 3.8) is 0 Å². The van der Waals surface area contributed by atoms with Gasteiger partial charge in [0.1, 0.15) is 0 Å². The van der Waals surface area contributed by atoms with Crippen molar-refractivity contribution in [2.75, 3.05) is 7.11 Å². The summed E-state index contributed by atoms with van der Waals surface area (Å²) >= 11 is 0. The average Bonchev–Trinajstić information content (AvgIpc) is 2.84. The predicted octanol–water partition coefficient (Wildman–Crippen LogP) is 4.60. The highest BCUT2D eigenvalue weighted by molar-refractivity contribution is 6.07.